The summed E-state index contributed by atoms with van der Waals surface area (Å²) in [6.07, 6.45) is 4.26. The molecule has 2 unspecified atom stereocenters. The first kappa shape index (κ1) is 16.8. The Morgan fingerprint density at radius 2 is 2.16 bits per heavy atom. The van der Waals surface area contributed by atoms with Gasteiger partial charge in [0, 0.05) is 12.6 Å². The van der Waals surface area contributed by atoms with Gasteiger partial charge in [0.15, 0.2) is 0 Å². The van der Waals surface area contributed by atoms with Crippen LogP contribution in [0.2, 0.25) is 0 Å². The SMILES string of the molecule is CC(C)OC(=O)C1CCC(CN(C)CCCCS)N1. The number of unbranched alkanes of at least 4 members (excludes halogenated alkanes) is 1. The summed E-state index contributed by atoms with van der Waals surface area (Å²) in [6.45, 7) is 5.87. The largest absolute Gasteiger partial charge is 0.462 e. The maximum atomic E-state index is 11.8. The van der Waals surface area contributed by atoms with Crippen LogP contribution < -0.4 is 5.32 Å². The first-order chi connectivity index (χ1) is 9.02. The molecule has 1 aliphatic heterocycles. The van der Waals surface area contributed by atoms with Gasteiger partial charge in [-0.05, 0) is 58.9 Å². The summed E-state index contributed by atoms with van der Waals surface area (Å²) < 4.78 is 5.24. The predicted molar refractivity (Wildman–Crippen MR) is 81.8 cm³/mol. The van der Waals surface area contributed by atoms with Crippen molar-refractivity contribution in [2.24, 2.45) is 0 Å². The molecule has 5 heteroatoms. The Hall–Kier alpha value is -0.260. The molecule has 1 N–H and O–H groups in total. The van der Waals surface area contributed by atoms with Crippen molar-refractivity contribution >= 4 is 18.6 Å². The summed E-state index contributed by atoms with van der Waals surface area (Å²) in [5.74, 6) is 0.855. The molecule has 1 rings (SSSR count). The molecule has 0 saturated carbocycles. The van der Waals surface area contributed by atoms with E-state index in [-0.39, 0.29) is 18.1 Å². The van der Waals surface area contributed by atoms with Crippen molar-refractivity contribution in [1.82, 2.24) is 10.2 Å². The number of rotatable bonds is 8. The molecular formula is C14H28N2O2S. The molecule has 1 heterocycles. The van der Waals surface area contributed by atoms with Crippen molar-refractivity contribution in [3.63, 3.8) is 0 Å². The number of nitrogens with zero attached hydrogens (tertiary/aromatic N) is 1. The minimum Gasteiger partial charge on any atom is -0.462 e. The third-order valence-electron chi connectivity index (χ3n) is 3.36. The molecule has 0 aliphatic carbocycles. The van der Waals surface area contributed by atoms with Crippen molar-refractivity contribution in [3.8, 4) is 0 Å². The average molecular weight is 288 g/mol. The zero-order valence-corrected chi connectivity index (χ0v) is 13.3. The molecule has 0 radical (unpaired) electrons. The quantitative estimate of drug-likeness (QED) is 0.405. The summed E-state index contributed by atoms with van der Waals surface area (Å²) in [5, 5.41) is 3.39. The lowest BCUT2D eigenvalue weighted by Gasteiger charge is -2.21. The Morgan fingerprint density at radius 1 is 1.42 bits per heavy atom. The van der Waals surface area contributed by atoms with Gasteiger partial charge in [-0.15, -0.1) is 0 Å². The van der Waals surface area contributed by atoms with Crippen LogP contribution in [0.15, 0.2) is 0 Å². The first-order valence-corrected chi connectivity index (χ1v) is 7.92. The third-order valence-corrected chi connectivity index (χ3v) is 3.67. The molecule has 0 bridgehead atoms. The molecular weight excluding hydrogens is 260 g/mol. The lowest BCUT2D eigenvalue weighted by atomic mass is 10.2. The van der Waals surface area contributed by atoms with Crippen molar-refractivity contribution < 1.29 is 9.53 Å². The summed E-state index contributed by atoms with van der Waals surface area (Å²) in [7, 11) is 2.14. The zero-order chi connectivity index (χ0) is 14.3. The highest BCUT2D eigenvalue weighted by molar-refractivity contribution is 7.80. The number of likely N-dealkylation sites (N-methyl/N-ethyl adjacent to an activating group) is 1. The van der Waals surface area contributed by atoms with Gasteiger partial charge in [-0.1, -0.05) is 0 Å². The number of thiol groups is 1. The van der Waals surface area contributed by atoms with Gasteiger partial charge < -0.3 is 15.0 Å². The van der Waals surface area contributed by atoms with Crippen LogP contribution >= 0.6 is 12.6 Å². The maximum absolute atomic E-state index is 11.8. The van der Waals surface area contributed by atoms with Crippen LogP contribution in [-0.2, 0) is 9.53 Å². The van der Waals surface area contributed by atoms with Crippen molar-refractivity contribution in [3.05, 3.63) is 0 Å². The fourth-order valence-corrected chi connectivity index (χ4v) is 2.65. The first-order valence-electron chi connectivity index (χ1n) is 7.29. The molecule has 0 aromatic heterocycles. The number of carbonyl (C=O) groups excluding carboxylic acids is 1. The predicted octanol–water partition coefficient (Wildman–Crippen LogP) is 1.70. The van der Waals surface area contributed by atoms with E-state index < -0.39 is 0 Å². The minimum atomic E-state index is -0.113. The van der Waals surface area contributed by atoms with Crippen LogP contribution in [0, 0.1) is 0 Å². The molecule has 19 heavy (non-hydrogen) atoms. The maximum Gasteiger partial charge on any atom is 0.323 e. The fourth-order valence-electron chi connectivity index (χ4n) is 2.42. The lowest BCUT2D eigenvalue weighted by Crippen LogP contribution is -2.42. The Bertz CT molecular complexity index is 274. The highest BCUT2D eigenvalue weighted by atomic mass is 32.1. The normalized spacial score (nSPS) is 23.3. The van der Waals surface area contributed by atoms with Gasteiger partial charge in [-0.25, -0.2) is 0 Å². The second kappa shape index (κ2) is 8.82. The van der Waals surface area contributed by atoms with E-state index in [1.807, 2.05) is 13.8 Å². The van der Waals surface area contributed by atoms with Crippen LogP contribution in [0.5, 0.6) is 0 Å². The smallest absolute Gasteiger partial charge is 0.323 e. The molecule has 4 nitrogen and oxygen atoms in total. The third kappa shape index (κ3) is 6.63. The molecule has 112 valence electrons. The van der Waals surface area contributed by atoms with Crippen LogP contribution in [0.25, 0.3) is 0 Å². The van der Waals surface area contributed by atoms with Gasteiger partial charge in [-0.3, -0.25) is 4.79 Å². The van der Waals surface area contributed by atoms with Gasteiger partial charge in [0.25, 0.3) is 0 Å². The Morgan fingerprint density at radius 3 is 2.79 bits per heavy atom. The van der Waals surface area contributed by atoms with Crippen LogP contribution in [0.3, 0.4) is 0 Å². The van der Waals surface area contributed by atoms with Gasteiger partial charge in [0.05, 0.1) is 6.10 Å². The number of esters is 1. The van der Waals surface area contributed by atoms with E-state index in [1.54, 1.807) is 0 Å². The molecule has 1 fully saturated rings. The summed E-state index contributed by atoms with van der Waals surface area (Å²) in [5.41, 5.74) is 0. The number of nitrogens with one attached hydrogen (secondary N) is 1. The monoisotopic (exact) mass is 288 g/mol. The van der Waals surface area contributed by atoms with Crippen molar-refractivity contribution in [2.45, 2.75) is 57.7 Å². The zero-order valence-electron chi connectivity index (χ0n) is 12.4. The van der Waals surface area contributed by atoms with Gasteiger partial charge in [0.2, 0.25) is 0 Å². The number of hydrogen-bond donors (Lipinski definition) is 2. The van der Waals surface area contributed by atoms with E-state index in [2.05, 4.69) is 29.9 Å². The van der Waals surface area contributed by atoms with Crippen LogP contribution in [-0.4, -0.2) is 54.9 Å². The Labute approximate surface area is 122 Å². The summed E-state index contributed by atoms with van der Waals surface area (Å²) in [4.78, 5) is 14.1. The molecule has 0 amide bonds. The Kier molecular flexibility index (Phi) is 7.80. The van der Waals surface area contributed by atoms with Crippen molar-refractivity contribution in [2.75, 3.05) is 25.9 Å². The molecule has 0 aromatic carbocycles. The second-order valence-electron chi connectivity index (χ2n) is 5.67. The summed E-state index contributed by atoms with van der Waals surface area (Å²) in [6, 6.07) is 0.295. The van der Waals surface area contributed by atoms with E-state index in [1.165, 1.54) is 6.42 Å². The molecule has 1 aliphatic rings. The fraction of sp³-hybridized carbons (Fsp3) is 0.929. The van der Waals surface area contributed by atoms with E-state index in [0.717, 1.165) is 38.1 Å². The van der Waals surface area contributed by atoms with Gasteiger partial charge in [0.1, 0.15) is 6.04 Å². The summed E-state index contributed by atoms with van der Waals surface area (Å²) >= 11 is 4.22. The molecule has 2 atom stereocenters. The molecule has 0 aromatic rings. The van der Waals surface area contributed by atoms with Crippen LogP contribution in [0.4, 0.5) is 0 Å². The number of ether oxygens (including phenoxy) is 1. The highest BCUT2D eigenvalue weighted by Crippen LogP contribution is 2.15. The molecule has 1 saturated heterocycles. The molecule has 0 spiro atoms. The van der Waals surface area contributed by atoms with E-state index in [9.17, 15) is 4.79 Å². The second-order valence-corrected chi connectivity index (χ2v) is 6.12. The van der Waals surface area contributed by atoms with Gasteiger partial charge in [-0.2, -0.15) is 12.6 Å². The van der Waals surface area contributed by atoms with Crippen LogP contribution in [0.1, 0.15) is 39.5 Å². The number of carbonyl (C=O) groups is 1. The average Bonchev–Trinajstić information content (AvgIpc) is 2.77. The highest BCUT2D eigenvalue weighted by Gasteiger charge is 2.30. The van der Waals surface area contributed by atoms with Crippen molar-refractivity contribution in [1.29, 1.82) is 0 Å². The van der Waals surface area contributed by atoms with E-state index in [0.29, 0.717) is 6.04 Å². The van der Waals surface area contributed by atoms with E-state index >= 15 is 0 Å². The van der Waals surface area contributed by atoms with E-state index in [4.69, 9.17) is 4.74 Å². The standard InChI is InChI=1S/C14H28N2O2S/c1-11(2)18-14(17)13-7-6-12(15-13)10-16(3)8-4-5-9-19/h11-13,15,19H,4-10H2,1-3H3. The van der Waals surface area contributed by atoms with Gasteiger partial charge >= 0.3 is 5.97 Å². The topological polar surface area (TPSA) is 41.6 Å². The minimum absolute atomic E-state index is 0.0303. The number of hydrogen-bond acceptors (Lipinski definition) is 5. The Balaban J connectivity index is 2.22. The lowest BCUT2D eigenvalue weighted by molar-refractivity contribution is -0.149.